The number of carboxylic acid groups (broad SMARTS) is 1. The number of halogens is 1. The van der Waals surface area contributed by atoms with Crippen molar-refractivity contribution >= 4 is 11.7 Å². The van der Waals surface area contributed by atoms with Crippen LogP contribution in [0.5, 0.6) is 0 Å². The Bertz CT molecular complexity index is 426. The third kappa shape index (κ3) is 4.84. The zero-order valence-electron chi connectivity index (χ0n) is 10.9. The molecule has 1 unspecified atom stereocenters. The molecule has 0 heterocycles. The average Bonchev–Trinajstić information content (AvgIpc) is 2.38. The van der Waals surface area contributed by atoms with Crippen LogP contribution in [0.2, 0.25) is 0 Å². The molecule has 1 atom stereocenters. The topological polar surface area (TPSA) is 84.6 Å². The molecule has 0 aliphatic carbocycles. The Hall–Kier alpha value is -1.66. The molecule has 0 aliphatic rings. The number of hydrogen-bond acceptors (Lipinski definition) is 4. The molecule has 106 valence electrons. The van der Waals surface area contributed by atoms with Gasteiger partial charge >= 0.3 is 5.97 Å². The minimum atomic E-state index is -1.09. The van der Waals surface area contributed by atoms with Crippen molar-refractivity contribution in [2.45, 2.75) is 18.9 Å². The van der Waals surface area contributed by atoms with E-state index in [0.717, 1.165) is 18.9 Å². The highest BCUT2D eigenvalue weighted by molar-refractivity contribution is 5.88. The molecule has 0 aromatic heterocycles. The molecule has 0 spiro atoms. The summed E-state index contributed by atoms with van der Waals surface area (Å²) in [4.78, 5) is 10.9. The highest BCUT2D eigenvalue weighted by Gasteiger charge is 2.13. The number of rotatable bonds is 8. The van der Waals surface area contributed by atoms with Gasteiger partial charge in [0.15, 0.2) is 0 Å². The Kier molecular flexibility index (Phi) is 6.24. The van der Waals surface area contributed by atoms with Crippen molar-refractivity contribution in [1.82, 2.24) is 0 Å². The molecule has 4 N–H and O–H groups in total. The van der Waals surface area contributed by atoms with Gasteiger partial charge in [-0.1, -0.05) is 0 Å². The lowest BCUT2D eigenvalue weighted by Gasteiger charge is -2.19. The highest BCUT2D eigenvalue weighted by atomic mass is 19.1. The lowest BCUT2D eigenvalue weighted by Crippen LogP contribution is -2.26. The fourth-order valence-corrected chi connectivity index (χ4v) is 1.75. The van der Waals surface area contributed by atoms with Gasteiger partial charge in [0.05, 0.1) is 17.9 Å². The average molecular weight is 270 g/mol. The number of methoxy groups -OCH3 is 1. The van der Waals surface area contributed by atoms with Crippen LogP contribution in [0.15, 0.2) is 18.2 Å². The number of benzene rings is 1. The molecule has 1 aromatic rings. The van der Waals surface area contributed by atoms with Crippen molar-refractivity contribution < 1.29 is 19.0 Å². The van der Waals surface area contributed by atoms with Gasteiger partial charge < -0.3 is 20.9 Å². The molecule has 0 amide bonds. The number of carbonyl (C=O) groups is 1. The monoisotopic (exact) mass is 270 g/mol. The van der Waals surface area contributed by atoms with Crippen LogP contribution in [0.3, 0.4) is 0 Å². The van der Waals surface area contributed by atoms with E-state index in [4.69, 9.17) is 15.6 Å². The molecular formula is C13H19FN2O3. The van der Waals surface area contributed by atoms with Crippen LogP contribution in [0.25, 0.3) is 0 Å². The van der Waals surface area contributed by atoms with Crippen molar-refractivity contribution in [3.05, 3.63) is 29.6 Å². The van der Waals surface area contributed by atoms with Crippen LogP contribution in [-0.4, -0.2) is 37.4 Å². The molecule has 0 saturated heterocycles. The van der Waals surface area contributed by atoms with E-state index in [1.165, 1.54) is 12.1 Å². The summed E-state index contributed by atoms with van der Waals surface area (Å²) < 4.78 is 18.7. The quantitative estimate of drug-likeness (QED) is 0.669. The Labute approximate surface area is 111 Å². The minimum Gasteiger partial charge on any atom is -0.478 e. The summed E-state index contributed by atoms with van der Waals surface area (Å²) in [5, 5.41) is 11.8. The van der Waals surface area contributed by atoms with E-state index < -0.39 is 11.8 Å². The summed E-state index contributed by atoms with van der Waals surface area (Å²) in [7, 11) is 1.56. The first-order valence-electron chi connectivity index (χ1n) is 6.07. The maximum Gasteiger partial charge on any atom is 0.335 e. The van der Waals surface area contributed by atoms with E-state index in [2.05, 4.69) is 5.32 Å². The highest BCUT2D eigenvalue weighted by Crippen LogP contribution is 2.18. The van der Waals surface area contributed by atoms with Gasteiger partial charge in [0.1, 0.15) is 5.82 Å². The first-order chi connectivity index (χ1) is 9.08. The third-order valence-electron chi connectivity index (χ3n) is 2.70. The van der Waals surface area contributed by atoms with Gasteiger partial charge in [-0.25, -0.2) is 9.18 Å². The molecule has 0 aliphatic heterocycles. The Morgan fingerprint density at radius 1 is 1.58 bits per heavy atom. The third-order valence-corrected chi connectivity index (χ3v) is 2.70. The van der Waals surface area contributed by atoms with Crippen molar-refractivity contribution in [3.63, 3.8) is 0 Å². The number of anilines is 1. The zero-order chi connectivity index (χ0) is 14.3. The van der Waals surface area contributed by atoms with Gasteiger partial charge in [-0.05, 0) is 37.6 Å². The number of hydrogen-bond donors (Lipinski definition) is 3. The van der Waals surface area contributed by atoms with Gasteiger partial charge in [0, 0.05) is 13.2 Å². The predicted octanol–water partition coefficient (Wildman–Crippen LogP) is 1.69. The molecule has 1 rings (SSSR count). The summed E-state index contributed by atoms with van der Waals surface area (Å²) in [6.45, 7) is 0.941. The second-order valence-electron chi connectivity index (χ2n) is 4.23. The van der Waals surface area contributed by atoms with Crippen molar-refractivity contribution in [3.8, 4) is 0 Å². The first-order valence-corrected chi connectivity index (χ1v) is 6.07. The van der Waals surface area contributed by atoms with E-state index in [-0.39, 0.29) is 17.3 Å². The number of nitrogens with two attached hydrogens (primary N) is 1. The van der Waals surface area contributed by atoms with Crippen LogP contribution in [0.4, 0.5) is 10.1 Å². The summed E-state index contributed by atoms with van der Waals surface area (Å²) in [6.07, 6.45) is 1.50. The lowest BCUT2D eigenvalue weighted by molar-refractivity contribution is 0.0697. The molecule has 0 radical (unpaired) electrons. The smallest absolute Gasteiger partial charge is 0.335 e. The molecule has 6 heteroatoms. The van der Waals surface area contributed by atoms with Gasteiger partial charge in [0.2, 0.25) is 0 Å². The van der Waals surface area contributed by atoms with Gasteiger partial charge in [-0.15, -0.1) is 0 Å². The molecule has 1 aromatic carbocycles. The Balaban J connectivity index is 2.81. The minimum absolute atomic E-state index is 0.0406. The maximum absolute atomic E-state index is 13.6. The first kappa shape index (κ1) is 15.4. The fraction of sp³-hybridized carbons (Fsp3) is 0.462. The molecule has 0 bridgehead atoms. The summed E-state index contributed by atoms with van der Waals surface area (Å²) in [5.41, 5.74) is 5.65. The van der Waals surface area contributed by atoms with Crippen LogP contribution in [0, 0.1) is 5.82 Å². The molecular weight excluding hydrogens is 251 g/mol. The predicted molar refractivity (Wildman–Crippen MR) is 70.9 cm³/mol. The normalized spacial score (nSPS) is 12.2. The SMILES string of the molecule is COCC(CCCN)Nc1cc(C(=O)O)ccc1F. The van der Waals surface area contributed by atoms with Crippen LogP contribution < -0.4 is 11.1 Å². The Morgan fingerprint density at radius 3 is 2.89 bits per heavy atom. The van der Waals surface area contributed by atoms with E-state index in [9.17, 15) is 9.18 Å². The molecule has 5 nitrogen and oxygen atoms in total. The summed E-state index contributed by atoms with van der Waals surface area (Å²) in [6, 6.07) is 3.54. The number of carboxylic acids is 1. The van der Waals surface area contributed by atoms with Gasteiger partial charge in [-0.2, -0.15) is 0 Å². The van der Waals surface area contributed by atoms with E-state index in [0.29, 0.717) is 13.2 Å². The van der Waals surface area contributed by atoms with Gasteiger partial charge in [0.25, 0.3) is 0 Å². The van der Waals surface area contributed by atoms with Crippen molar-refractivity contribution in [2.24, 2.45) is 5.73 Å². The second kappa shape index (κ2) is 7.70. The van der Waals surface area contributed by atoms with Crippen molar-refractivity contribution in [1.29, 1.82) is 0 Å². The van der Waals surface area contributed by atoms with Crippen LogP contribution in [-0.2, 0) is 4.74 Å². The van der Waals surface area contributed by atoms with Crippen LogP contribution in [0.1, 0.15) is 23.2 Å². The maximum atomic E-state index is 13.6. The second-order valence-corrected chi connectivity index (χ2v) is 4.23. The molecule has 0 saturated carbocycles. The van der Waals surface area contributed by atoms with Gasteiger partial charge in [-0.3, -0.25) is 0 Å². The lowest BCUT2D eigenvalue weighted by atomic mass is 10.1. The number of ether oxygens (including phenoxy) is 1. The summed E-state index contributed by atoms with van der Waals surface area (Å²) in [5.74, 6) is -1.58. The molecule has 0 fully saturated rings. The van der Waals surface area contributed by atoms with E-state index in [1.807, 2.05) is 0 Å². The Morgan fingerprint density at radius 2 is 2.32 bits per heavy atom. The largest absolute Gasteiger partial charge is 0.478 e. The van der Waals surface area contributed by atoms with E-state index in [1.54, 1.807) is 7.11 Å². The van der Waals surface area contributed by atoms with E-state index >= 15 is 0 Å². The fourth-order valence-electron chi connectivity index (χ4n) is 1.75. The van der Waals surface area contributed by atoms with Crippen molar-refractivity contribution in [2.75, 3.05) is 25.6 Å². The number of aromatic carboxylic acids is 1. The summed E-state index contributed by atoms with van der Waals surface area (Å²) >= 11 is 0. The number of nitrogens with one attached hydrogen (secondary N) is 1. The zero-order valence-corrected chi connectivity index (χ0v) is 10.9. The molecule has 19 heavy (non-hydrogen) atoms. The standard InChI is InChI=1S/C13H19FN2O3/c1-19-8-10(3-2-6-15)16-12-7-9(13(17)18)4-5-11(12)14/h4-5,7,10,16H,2-3,6,8,15H2,1H3,(H,17,18). The van der Waals surface area contributed by atoms with Crippen LogP contribution >= 0.6 is 0 Å².